The summed E-state index contributed by atoms with van der Waals surface area (Å²) < 4.78 is 6.17. The van der Waals surface area contributed by atoms with Gasteiger partial charge < -0.3 is 10.1 Å². The first-order valence-electron chi connectivity index (χ1n) is 7.73. The Balaban J connectivity index is 2.13. The molecule has 0 aliphatic carbocycles. The van der Waals surface area contributed by atoms with Crippen molar-refractivity contribution in [1.29, 1.82) is 0 Å². The van der Waals surface area contributed by atoms with Crippen LogP contribution in [0.25, 0.3) is 0 Å². The molecule has 0 aliphatic rings. The van der Waals surface area contributed by atoms with Gasteiger partial charge in [0.1, 0.15) is 6.54 Å². The lowest BCUT2D eigenvalue weighted by Crippen LogP contribution is -2.31. The fraction of sp³-hybridized carbons (Fsp3) is 0.353. The summed E-state index contributed by atoms with van der Waals surface area (Å²) in [4.78, 5) is 28.3. The van der Waals surface area contributed by atoms with Crippen LogP contribution in [-0.2, 0) is 22.5 Å². The Kier molecular flexibility index (Phi) is 6.37. The molecule has 128 valence electrons. The van der Waals surface area contributed by atoms with Crippen LogP contribution in [0.1, 0.15) is 18.2 Å². The molecule has 6 nitrogen and oxygen atoms in total. The van der Waals surface area contributed by atoms with Gasteiger partial charge in [0.25, 0.3) is 5.56 Å². The van der Waals surface area contributed by atoms with Crippen LogP contribution in [0.4, 0.5) is 5.82 Å². The molecular weight excluding hydrogens is 330 g/mol. The largest absolute Gasteiger partial charge is 0.465 e. The smallest absolute Gasteiger partial charge is 0.326 e. The minimum Gasteiger partial charge on any atom is -0.465 e. The van der Waals surface area contributed by atoms with Gasteiger partial charge in [0.15, 0.2) is 11.0 Å². The lowest BCUT2D eigenvalue weighted by atomic mass is 10.1. The van der Waals surface area contributed by atoms with Gasteiger partial charge in [0.05, 0.1) is 12.3 Å². The molecule has 0 unspecified atom stereocenters. The molecule has 0 atom stereocenters. The molecule has 1 N–H and O–H groups in total. The highest BCUT2D eigenvalue weighted by molar-refractivity contribution is 6.30. The van der Waals surface area contributed by atoms with Gasteiger partial charge in [-0.25, -0.2) is 4.98 Å². The number of carbonyl (C=O) groups is 1. The van der Waals surface area contributed by atoms with Crippen LogP contribution in [0, 0.1) is 6.92 Å². The first-order chi connectivity index (χ1) is 11.5. The van der Waals surface area contributed by atoms with E-state index < -0.39 is 11.5 Å². The van der Waals surface area contributed by atoms with Gasteiger partial charge in [0, 0.05) is 6.54 Å². The van der Waals surface area contributed by atoms with Crippen molar-refractivity contribution in [2.75, 3.05) is 18.5 Å². The second-order valence-corrected chi connectivity index (χ2v) is 5.55. The van der Waals surface area contributed by atoms with Crippen LogP contribution in [0.2, 0.25) is 5.15 Å². The van der Waals surface area contributed by atoms with E-state index in [2.05, 4.69) is 10.3 Å². The summed E-state index contributed by atoms with van der Waals surface area (Å²) in [5, 5.41) is 3.18. The Morgan fingerprint density at radius 3 is 2.71 bits per heavy atom. The fourth-order valence-corrected chi connectivity index (χ4v) is 2.42. The normalized spacial score (nSPS) is 10.5. The molecule has 0 amide bonds. The van der Waals surface area contributed by atoms with E-state index in [9.17, 15) is 9.59 Å². The van der Waals surface area contributed by atoms with Crippen LogP contribution < -0.4 is 10.9 Å². The van der Waals surface area contributed by atoms with E-state index in [1.165, 1.54) is 4.57 Å². The van der Waals surface area contributed by atoms with E-state index in [0.717, 1.165) is 12.0 Å². The lowest BCUT2D eigenvalue weighted by Gasteiger charge is -2.13. The zero-order chi connectivity index (χ0) is 17.5. The van der Waals surface area contributed by atoms with Crippen molar-refractivity contribution in [2.24, 2.45) is 0 Å². The maximum atomic E-state index is 12.5. The quantitative estimate of drug-likeness (QED) is 0.777. The molecule has 0 spiro atoms. The third-order valence-electron chi connectivity index (χ3n) is 3.50. The zero-order valence-corrected chi connectivity index (χ0v) is 14.5. The second kappa shape index (κ2) is 8.49. The average Bonchev–Trinajstić information content (AvgIpc) is 2.57. The van der Waals surface area contributed by atoms with Crippen LogP contribution in [-0.4, -0.2) is 28.7 Å². The molecule has 1 heterocycles. The van der Waals surface area contributed by atoms with Gasteiger partial charge in [-0.2, -0.15) is 0 Å². The lowest BCUT2D eigenvalue weighted by molar-refractivity contribution is -0.143. The summed E-state index contributed by atoms with van der Waals surface area (Å²) in [5.74, 6) is -0.356. The second-order valence-electron chi connectivity index (χ2n) is 5.20. The number of hydrogen-bond acceptors (Lipinski definition) is 5. The first-order valence-corrected chi connectivity index (χ1v) is 8.11. The maximum Gasteiger partial charge on any atom is 0.326 e. The number of carbonyl (C=O) groups excluding carboxylic acids is 1. The molecule has 24 heavy (non-hydrogen) atoms. The molecule has 0 radical (unpaired) electrons. The minimum atomic E-state index is -0.486. The molecule has 2 rings (SSSR count). The SMILES string of the molecule is CCOC(=O)Cn1c(C)c(Cl)nc(NCCc2ccccc2)c1=O. The summed E-state index contributed by atoms with van der Waals surface area (Å²) in [5.41, 5.74) is 1.19. The van der Waals surface area contributed by atoms with Crippen LogP contribution in [0.5, 0.6) is 0 Å². The maximum absolute atomic E-state index is 12.5. The number of aromatic nitrogens is 2. The van der Waals surface area contributed by atoms with E-state index in [1.807, 2.05) is 30.3 Å². The first kappa shape index (κ1) is 18.0. The van der Waals surface area contributed by atoms with Crippen molar-refractivity contribution in [3.05, 3.63) is 57.1 Å². The highest BCUT2D eigenvalue weighted by Gasteiger charge is 2.15. The minimum absolute atomic E-state index is 0.130. The Morgan fingerprint density at radius 2 is 2.04 bits per heavy atom. The summed E-state index contributed by atoms with van der Waals surface area (Å²) in [7, 11) is 0. The number of rotatable bonds is 7. The fourth-order valence-electron chi connectivity index (χ4n) is 2.23. The van der Waals surface area contributed by atoms with Gasteiger partial charge in [-0.1, -0.05) is 41.9 Å². The van der Waals surface area contributed by atoms with Crippen LogP contribution in [0.15, 0.2) is 35.1 Å². The molecular formula is C17H20ClN3O3. The molecule has 2 aromatic rings. The van der Waals surface area contributed by atoms with Crippen LogP contribution in [0.3, 0.4) is 0 Å². The van der Waals surface area contributed by atoms with E-state index in [4.69, 9.17) is 16.3 Å². The number of benzene rings is 1. The van der Waals surface area contributed by atoms with Crippen molar-refractivity contribution in [3.63, 3.8) is 0 Å². The number of anilines is 1. The predicted octanol–water partition coefficient (Wildman–Crippen LogP) is 2.42. The van der Waals surface area contributed by atoms with E-state index in [1.54, 1.807) is 13.8 Å². The zero-order valence-electron chi connectivity index (χ0n) is 13.7. The average molecular weight is 350 g/mol. The number of esters is 1. The third-order valence-corrected chi connectivity index (χ3v) is 3.86. The Morgan fingerprint density at radius 1 is 1.33 bits per heavy atom. The van der Waals surface area contributed by atoms with E-state index >= 15 is 0 Å². The Labute approximate surface area is 145 Å². The third kappa shape index (κ3) is 4.58. The Hall–Kier alpha value is -2.34. The van der Waals surface area contributed by atoms with Gasteiger partial charge in [-0.3, -0.25) is 14.2 Å². The van der Waals surface area contributed by atoms with Crippen molar-refractivity contribution >= 4 is 23.4 Å². The molecule has 0 fully saturated rings. The number of nitrogens with zero attached hydrogens (tertiary/aromatic N) is 2. The molecule has 7 heteroatoms. The molecule has 0 saturated carbocycles. The standard InChI is InChI=1S/C17H20ClN3O3/c1-3-24-14(22)11-21-12(2)15(18)20-16(17(21)23)19-10-9-13-7-5-4-6-8-13/h4-8H,3,9-11H2,1-2H3,(H,19,20). The molecule has 1 aromatic heterocycles. The van der Waals surface area contributed by atoms with Crippen molar-refractivity contribution in [3.8, 4) is 0 Å². The molecule has 0 saturated heterocycles. The van der Waals surface area contributed by atoms with Crippen molar-refractivity contribution in [1.82, 2.24) is 9.55 Å². The van der Waals surface area contributed by atoms with E-state index in [0.29, 0.717) is 12.2 Å². The number of halogens is 1. The van der Waals surface area contributed by atoms with Crippen molar-refractivity contribution < 1.29 is 9.53 Å². The highest BCUT2D eigenvalue weighted by Crippen LogP contribution is 2.12. The van der Waals surface area contributed by atoms with Gasteiger partial charge >= 0.3 is 5.97 Å². The predicted molar refractivity (Wildman–Crippen MR) is 93.5 cm³/mol. The van der Waals surface area contributed by atoms with Gasteiger partial charge in [-0.05, 0) is 25.8 Å². The number of nitrogens with one attached hydrogen (secondary N) is 1. The summed E-state index contributed by atoms with van der Waals surface area (Å²) in [6.45, 7) is 3.96. The summed E-state index contributed by atoms with van der Waals surface area (Å²) in [6, 6.07) is 9.89. The van der Waals surface area contributed by atoms with Crippen LogP contribution >= 0.6 is 11.6 Å². The number of hydrogen-bond donors (Lipinski definition) is 1. The summed E-state index contributed by atoms with van der Waals surface area (Å²) in [6.07, 6.45) is 0.741. The van der Waals surface area contributed by atoms with Crippen molar-refractivity contribution in [2.45, 2.75) is 26.8 Å². The highest BCUT2D eigenvalue weighted by atomic mass is 35.5. The van der Waals surface area contributed by atoms with Gasteiger partial charge in [-0.15, -0.1) is 0 Å². The molecule has 0 bridgehead atoms. The monoisotopic (exact) mass is 349 g/mol. The Bertz CT molecular complexity index is 760. The van der Waals surface area contributed by atoms with Gasteiger partial charge in [0.2, 0.25) is 0 Å². The molecule has 0 aliphatic heterocycles. The summed E-state index contributed by atoms with van der Waals surface area (Å²) >= 11 is 6.08. The topological polar surface area (TPSA) is 73.2 Å². The van der Waals surface area contributed by atoms with E-state index in [-0.39, 0.29) is 24.1 Å². The molecule has 1 aromatic carbocycles. The number of ether oxygens (including phenoxy) is 1.